The maximum Gasteiger partial charge on any atom is 0.420 e. The van der Waals surface area contributed by atoms with Crippen molar-refractivity contribution >= 4 is 57.7 Å². The van der Waals surface area contributed by atoms with Crippen LogP contribution in [-0.4, -0.2) is 86.5 Å². The van der Waals surface area contributed by atoms with Gasteiger partial charge in [-0.1, -0.05) is 36.4 Å². The second-order valence-corrected chi connectivity index (χ2v) is 19.5. The molecule has 0 atom stereocenters. The highest BCUT2D eigenvalue weighted by atomic mass is 19.4. The first-order valence-corrected chi connectivity index (χ1v) is 25.8. The van der Waals surface area contributed by atoms with Crippen molar-refractivity contribution in [3.8, 4) is 22.3 Å². The predicted octanol–water partition coefficient (Wildman–Crippen LogP) is 14.2. The highest BCUT2D eigenvalue weighted by molar-refractivity contribution is 5.97. The topological polar surface area (TPSA) is 173 Å². The number of alkyl halides is 10. The Morgan fingerprint density at radius 1 is 0.566 bits per heavy atom. The van der Waals surface area contributed by atoms with Gasteiger partial charge in [-0.25, -0.2) is 22.4 Å². The van der Waals surface area contributed by atoms with Crippen molar-refractivity contribution in [2.45, 2.75) is 69.3 Å². The quantitative estimate of drug-likeness (QED) is 0.0885. The van der Waals surface area contributed by atoms with Gasteiger partial charge in [0, 0.05) is 117 Å². The van der Waals surface area contributed by atoms with E-state index in [9.17, 15) is 63.1 Å². The van der Waals surface area contributed by atoms with E-state index in [2.05, 4.69) is 9.97 Å². The van der Waals surface area contributed by atoms with Gasteiger partial charge in [-0.3, -0.25) is 24.4 Å². The van der Waals surface area contributed by atoms with E-state index in [4.69, 9.17) is 19.7 Å². The Morgan fingerprint density at radius 2 is 0.976 bits per heavy atom. The Morgan fingerprint density at radius 3 is 1.36 bits per heavy atom. The van der Waals surface area contributed by atoms with E-state index in [-0.39, 0.29) is 115 Å². The number of furan rings is 2. The lowest BCUT2D eigenvalue weighted by atomic mass is 9.98. The number of carbonyl (C=O) groups excluding carboxylic acids is 3. The number of allylic oxidation sites excluding steroid dienone is 1. The van der Waals surface area contributed by atoms with Crippen molar-refractivity contribution < 1.29 is 77.0 Å². The number of aromatic nitrogens is 2. The van der Waals surface area contributed by atoms with Gasteiger partial charge >= 0.3 is 18.3 Å². The Kier molecular flexibility index (Phi) is 18.5. The van der Waals surface area contributed by atoms with Gasteiger partial charge in [0.1, 0.15) is 22.7 Å². The predicted molar refractivity (Wildman–Crippen MR) is 289 cm³/mol. The number of carbonyl (C=O) groups is 4. The molecule has 0 radical (unpaired) electrons. The SMILES string of the molecule is NCc1cc2cc(-c3ccc(C(=O)N4CCC(F)(F)CC4)cc3)cc(C(F)(F)F)c2o1.O=C(/C=C/c1cccnc1)CCc1cc2cc(-c3ccc(C(=O)N4CCC(F)(F)CC4)cc3)cc(C(F)(F)F)c2o1.O=C(O)/C=C/c1cccnc1. The molecule has 10 rings (SSSR count). The number of hydrogen-bond donors (Lipinski definition) is 2. The average molecular weight is 1160 g/mol. The monoisotopic (exact) mass is 1160 g/mol. The number of piperidine rings is 2. The third-order valence-corrected chi connectivity index (χ3v) is 13.5. The van der Waals surface area contributed by atoms with E-state index in [0.717, 1.165) is 29.3 Å². The first-order valence-electron chi connectivity index (χ1n) is 25.8. The van der Waals surface area contributed by atoms with Crippen molar-refractivity contribution in [1.29, 1.82) is 0 Å². The molecule has 4 aromatic heterocycles. The van der Waals surface area contributed by atoms with Crippen LogP contribution in [0.25, 0.3) is 56.3 Å². The Labute approximate surface area is 467 Å². The summed E-state index contributed by atoms with van der Waals surface area (Å²) in [7, 11) is 0. The number of likely N-dealkylation sites (tertiary alicyclic amines) is 2. The molecule has 2 aliphatic heterocycles. The molecule has 3 N–H and O–H groups in total. The molecule has 0 unspecified atom stereocenters. The molecule has 2 amide bonds. The van der Waals surface area contributed by atoms with Crippen LogP contribution >= 0.6 is 0 Å². The molecule has 8 aromatic rings. The zero-order valence-electron chi connectivity index (χ0n) is 43.8. The minimum atomic E-state index is -4.70. The highest BCUT2D eigenvalue weighted by Gasteiger charge is 2.39. The number of aliphatic carboxylic acids is 1. The molecule has 0 saturated carbocycles. The molecule has 4 aromatic carbocycles. The Bertz CT molecular complexity index is 3630. The molecular weight excluding hydrogens is 1100 g/mol. The first kappa shape index (κ1) is 60.2. The van der Waals surface area contributed by atoms with Crippen LogP contribution in [0.4, 0.5) is 43.9 Å². The van der Waals surface area contributed by atoms with Crippen LogP contribution in [-0.2, 0) is 34.9 Å². The third kappa shape index (κ3) is 16.0. The lowest BCUT2D eigenvalue weighted by Gasteiger charge is -2.31. The molecule has 0 spiro atoms. The molecule has 22 heteroatoms. The number of halogens is 10. The van der Waals surface area contributed by atoms with Gasteiger partial charge in [-0.05, 0) is 124 Å². The maximum absolute atomic E-state index is 14.0. The number of ketones is 1. The maximum atomic E-state index is 14.0. The van der Waals surface area contributed by atoms with Gasteiger partial charge in [0.2, 0.25) is 0 Å². The molecular formula is C61H51F10N5O7. The van der Waals surface area contributed by atoms with E-state index in [0.29, 0.717) is 22.3 Å². The third-order valence-electron chi connectivity index (χ3n) is 13.5. The molecule has 0 bridgehead atoms. The van der Waals surface area contributed by atoms with E-state index in [1.807, 2.05) is 0 Å². The molecule has 6 heterocycles. The summed E-state index contributed by atoms with van der Waals surface area (Å²) in [5.41, 5.74) is 6.63. The Balaban J connectivity index is 0.000000188. The number of rotatable bonds is 12. The van der Waals surface area contributed by atoms with Gasteiger partial charge in [-0.2, -0.15) is 26.3 Å². The van der Waals surface area contributed by atoms with Crippen molar-refractivity contribution in [2.75, 3.05) is 26.2 Å². The van der Waals surface area contributed by atoms with Crippen LogP contribution in [0.5, 0.6) is 0 Å². The van der Waals surface area contributed by atoms with Crippen LogP contribution in [0.3, 0.4) is 0 Å². The number of hydrogen-bond acceptors (Lipinski definition) is 9. The molecule has 2 saturated heterocycles. The number of nitrogens with two attached hydrogens (primary N) is 1. The van der Waals surface area contributed by atoms with E-state index >= 15 is 0 Å². The molecule has 432 valence electrons. The Hall–Kier alpha value is -8.92. The number of nitrogens with zero attached hydrogens (tertiary/aromatic N) is 4. The fraction of sp³-hybridized carbons (Fsp3) is 0.246. The van der Waals surface area contributed by atoms with Gasteiger partial charge < -0.3 is 29.5 Å². The van der Waals surface area contributed by atoms with Gasteiger partial charge in [0.25, 0.3) is 23.7 Å². The summed E-state index contributed by atoms with van der Waals surface area (Å²) in [6, 6.07) is 27.2. The lowest BCUT2D eigenvalue weighted by molar-refractivity contribution is -0.137. The van der Waals surface area contributed by atoms with Crippen molar-refractivity contribution in [1.82, 2.24) is 19.8 Å². The summed E-state index contributed by atoms with van der Waals surface area (Å²) in [6.45, 7) is -0.226. The highest BCUT2D eigenvalue weighted by Crippen LogP contribution is 2.42. The molecule has 12 nitrogen and oxygen atoms in total. The van der Waals surface area contributed by atoms with Gasteiger partial charge in [-0.15, -0.1) is 0 Å². The number of pyridine rings is 2. The van der Waals surface area contributed by atoms with E-state index < -0.39 is 60.0 Å². The molecule has 83 heavy (non-hydrogen) atoms. The normalized spacial score (nSPS) is 15.2. The number of aryl methyl sites for hydroxylation is 1. The molecule has 0 aliphatic carbocycles. The first-order chi connectivity index (χ1) is 39.3. The second-order valence-electron chi connectivity index (χ2n) is 19.5. The van der Waals surface area contributed by atoms with E-state index in [1.165, 1.54) is 82.6 Å². The van der Waals surface area contributed by atoms with Crippen LogP contribution in [0.1, 0.15) is 86.6 Å². The van der Waals surface area contributed by atoms with Crippen molar-refractivity contribution in [3.05, 3.63) is 191 Å². The summed E-state index contributed by atoms with van der Waals surface area (Å²) in [6.07, 6.45) is 1.32. The van der Waals surface area contributed by atoms with Crippen molar-refractivity contribution in [2.24, 2.45) is 5.73 Å². The summed E-state index contributed by atoms with van der Waals surface area (Å²) < 4.78 is 147. The fourth-order valence-corrected chi connectivity index (χ4v) is 9.08. The van der Waals surface area contributed by atoms with Crippen LogP contribution < -0.4 is 5.73 Å². The smallest absolute Gasteiger partial charge is 0.420 e. The standard InChI is InChI=1S/C31H25F5N2O3.C22H19F5N2O2.C8H7NO2/c32-30(33)11-14-38(15-12-30)29(40)22-6-4-21(5-7-22)23-16-24-17-26(41-28(24)27(18-23)31(34,35)36)10-9-25(39)8-3-20-2-1-13-37-19-20;23-21(24)5-7-29(8-6-21)20(30)14-3-1-13(2-4-14)15-9-16-10-17(12-28)31-19(16)18(11-15)22(25,26)27;10-8(11)4-3-7-2-1-5-9-6-7/h1-8,13,16-19H,9-12,14-15H2;1-4,9-11H,5-8,12,28H2;1-6H,(H,10,11)/b8-3+;;4-3+. The lowest BCUT2D eigenvalue weighted by Crippen LogP contribution is -2.42. The van der Waals surface area contributed by atoms with E-state index in [1.54, 1.807) is 67.3 Å². The number of amides is 2. The molecule has 2 aliphatic rings. The van der Waals surface area contributed by atoms with Crippen LogP contribution in [0.2, 0.25) is 0 Å². The second kappa shape index (κ2) is 25.5. The number of carboxylic acids is 1. The number of carboxylic acid groups (broad SMARTS) is 1. The average Bonchev–Trinajstić information content (AvgIpc) is 4.30. The zero-order chi connectivity index (χ0) is 59.7. The van der Waals surface area contributed by atoms with Crippen molar-refractivity contribution in [3.63, 3.8) is 0 Å². The van der Waals surface area contributed by atoms with Gasteiger partial charge in [0.05, 0.1) is 17.7 Å². The van der Waals surface area contributed by atoms with Gasteiger partial charge in [0.15, 0.2) is 5.78 Å². The summed E-state index contributed by atoms with van der Waals surface area (Å²) in [5, 5.41) is 8.78. The fourth-order valence-electron chi connectivity index (χ4n) is 9.08. The van der Waals surface area contributed by atoms with Crippen LogP contribution in [0, 0.1) is 0 Å². The summed E-state index contributed by atoms with van der Waals surface area (Å²) in [4.78, 5) is 58.1. The minimum absolute atomic E-state index is 0.0272. The number of benzene rings is 4. The number of fused-ring (bicyclic) bond motifs is 2. The zero-order valence-corrected chi connectivity index (χ0v) is 43.8. The van der Waals surface area contributed by atoms with Crippen LogP contribution in [0.15, 0.2) is 155 Å². The molecule has 2 fully saturated rings. The summed E-state index contributed by atoms with van der Waals surface area (Å²) in [5.74, 6) is -6.99. The largest absolute Gasteiger partial charge is 0.478 e. The summed E-state index contributed by atoms with van der Waals surface area (Å²) >= 11 is 0. The minimum Gasteiger partial charge on any atom is -0.478 e.